The molecule has 0 aliphatic heterocycles. The Labute approximate surface area is 162 Å². The summed E-state index contributed by atoms with van der Waals surface area (Å²) < 4.78 is 7.00. The fourth-order valence-electron chi connectivity index (χ4n) is 3.34. The van der Waals surface area contributed by atoms with E-state index in [1.807, 2.05) is 22.7 Å². The van der Waals surface area contributed by atoms with Crippen LogP contribution in [-0.4, -0.2) is 39.8 Å². The number of hydrogen-bond acceptors (Lipinski definition) is 6. The van der Waals surface area contributed by atoms with Crippen molar-refractivity contribution in [2.24, 2.45) is 0 Å². The van der Waals surface area contributed by atoms with E-state index in [0.717, 1.165) is 28.1 Å². The maximum atomic E-state index is 5.15. The van der Waals surface area contributed by atoms with Crippen LogP contribution < -0.4 is 5.32 Å². The fourth-order valence-corrected chi connectivity index (χ4v) is 4.45. The van der Waals surface area contributed by atoms with Gasteiger partial charge in [0.1, 0.15) is 4.83 Å². The molecule has 0 unspecified atom stereocenters. The van der Waals surface area contributed by atoms with Gasteiger partial charge in [-0.1, -0.05) is 37.3 Å². The summed E-state index contributed by atoms with van der Waals surface area (Å²) in [5.74, 6) is 1.52. The summed E-state index contributed by atoms with van der Waals surface area (Å²) in [6.45, 7) is 5.61. The Kier molecular flexibility index (Phi) is 5.05. The normalized spacial score (nSPS) is 11.5. The van der Waals surface area contributed by atoms with E-state index in [-0.39, 0.29) is 0 Å². The van der Waals surface area contributed by atoms with Crippen LogP contribution in [0.4, 0.5) is 5.95 Å². The zero-order valence-electron chi connectivity index (χ0n) is 15.8. The summed E-state index contributed by atoms with van der Waals surface area (Å²) in [4.78, 5) is 12.0. The second kappa shape index (κ2) is 7.62. The maximum absolute atomic E-state index is 5.15. The zero-order valence-corrected chi connectivity index (χ0v) is 16.6. The third kappa shape index (κ3) is 3.40. The third-order valence-corrected chi connectivity index (χ3v) is 5.66. The lowest BCUT2D eigenvalue weighted by Crippen LogP contribution is -2.12. The van der Waals surface area contributed by atoms with Crippen LogP contribution in [0.15, 0.2) is 30.3 Å². The number of nitrogens with one attached hydrogen (secondary N) is 1. The molecule has 6 nitrogen and oxygen atoms in total. The number of ether oxygens (including phenoxy) is 1. The Morgan fingerprint density at radius 3 is 2.74 bits per heavy atom. The Morgan fingerprint density at radius 1 is 1.19 bits per heavy atom. The minimum Gasteiger partial charge on any atom is -0.383 e. The summed E-state index contributed by atoms with van der Waals surface area (Å²) in [6, 6.07) is 10.3. The second-order valence-corrected chi connectivity index (χ2v) is 7.65. The number of anilines is 1. The average Bonchev–Trinajstić information content (AvgIpc) is 3.22. The van der Waals surface area contributed by atoms with Crippen molar-refractivity contribution in [1.29, 1.82) is 0 Å². The predicted molar refractivity (Wildman–Crippen MR) is 110 cm³/mol. The van der Waals surface area contributed by atoms with E-state index in [1.165, 1.54) is 16.0 Å². The summed E-state index contributed by atoms with van der Waals surface area (Å²) in [7, 11) is 1.69. The van der Waals surface area contributed by atoms with Gasteiger partial charge in [-0.3, -0.25) is 0 Å². The highest BCUT2D eigenvalue weighted by Gasteiger charge is 2.19. The summed E-state index contributed by atoms with van der Waals surface area (Å²) in [6.07, 6.45) is 1.66. The fraction of sp³-hybridized carbons (Fsp3) is 0.350. The first kappa shape index (κ1) is 17.9. The quantitative estimate of drug-likeness (QED) is 0.493. The van der Waals surface area contributed by atoms with E-state index < -0.39 is 0 Å². The monoisotopic (exact) mass is 381 g/mol. The molecule has 3 heterocycles. The number of benzene rings is 1. The molecule has 0 radical (unpaired) electrons. The van der Waals surface area contributed by atoms with Crippen LogP contribution in [-0.2, 0) is 17.6 Å². The largest absolute Gasteiger partial charge is 0.383 e. The van der Waals surface area contributed by atoms with Crippen LogP contribution in [0.2, 0.25) is 0 Å². The molecule has 0 spiro atoms. The van der Waals surface area contributed by atoms with Crippen molar-refractivity contribution < 1.29 is 4.74 Å². The molecule has 1 aromatic carbocycles. The third-order valence-electron chi connectivity index (χ3n) is 4.62. The van der Waals surface area contributed by atoms with Gasteiger partial charge in [0, 0.05) is 25.0 Å². The van der Waals surface area contributed by atoms with E-state index in [4.69, 9.17) is 19.8 Å². The molecular weight excluding hydrogens is 358 g/mol. The van der Waals surface area contributed by atoms with Crippen molar-refractivity contribution in [2.45, 2.75) is 26.7 Å². The zero-order chi connectivity index (χ0) is 18.8. The van der Waals surface area contributed by atoms with Crippen LogP contribution in [0.5, 0.6) is 0 Å². The number of thiophene rings is 1. The van der Waals surface area contributed by atoms with Crippen LogP contribution in [0, 0.1) is 6.92 Å². The highest BCUT2D eigenvalue weighted by atomic mass is 32.1. The number of hydrogen-bond donors (Lipinski definition) is 1. The van der Waals surface area contributed by atoms with Gasteiger partial charge in [-0.05, 0) is 24.5 Å². The molecule has 4 rings (SSSR count). The molecule has 0 saturated carbocycles. The smallest absolute Gasteiger partial charge is 0.227 e. The standard InChI is InChI=1S/C20H23N5OS/c1-4-15-13(2)27-19-17(15)18-22-16(12-14-8-6-5-7-9-14)24-25(18)20(23-19)21-10-11-26-3/h5-9H,4,10-12H2,1-3H3,(H,21,23). The molecular formula is C20H23N5OS. The molecule has 7 heteroatoms. The van der Waals surface area contributed by atoms with Gasteiger partial charge in [-0.2, -0.15) is 4.52 Å². The average molecular weight is 382 g/mol. The molecule has 0 amide bonds. The second-order valence-electron chi connectivity index (χ2n) is 6.45. The van der Waals surface area contributed by atoms with Crippen LogP contribution >= 0.6 is 11.3 Å². The van der Waals surface area contributed by atoms with E-state index in [2.05, 4.69) is 31.3 Å². The van der Waals surface area contributed by atoms with Gasteiger partial charge in [0.25, 0.3) is 0 Å². The topological polar surface area (TPSA) is 64.3 Å². The Hall–Kier alpha value is -2.51. The van der Waals surface area contributed by atoms with Crippen LogP contribution in [0.1, 0.15) is 28.8 Å². The Morgan fingerprint density at radius 2 is 2.00 bits per heavy atom. The van der Waals surface area contributed by atoms with Crippen LogP contribution in [0.25, 0.3) is 15.9 Å². The highest BCUT2D eigenvalue weighted by Crippen LogP contribution is 2.33. The summed E-state index contributed by atoms with van der Waals surface area (Å²) >= 11 is 1.72. The number of rotatable bonds is 7. The Balaban J connectivity index is 1.85. The lowest BCUT2D eigenvalue weighted by molar-refractivity contribution is 0.210. The summed E-state index contributed by atoms with van der Waals surface area (Å²) in [5.41, 5.74) is 3.39. The summed E-state index contributed by atoms with van der Waals surface area (Å²) in [5, 5.41) is 9.23. The number of nitrogens with zero attached hydrogens (tertiary/aromatic N) is 4. The lowest BCUT2D eigenvalue weighted by atomic mass is 10.1. The van der Waals surface area contributed by atoms with E-state index in [9.17, 15) is 0 Å². The number of fused-ring (bicyclic) bond motifs is 3. The van der Waals surface area contributed by atoms with Crippen molar-refractivity contribution in [3.8, 4) is 0 Å². The van der Waals surface area contributed by atoms with Gasteiger partial charge in [0.05, 0.1) is 12.0 Å². The molecule has 0 atom stereocenters. The molecule has 27 heavy (non-hydrogen) atoms. The molecule has 0 bridgehead atoms. The minimum absolute atomic E-state index is 0.608. The van der Waals surface area contributed by atoms with Gasteiger partial charge in [0.15, 0.2) is 11.5 Å². The van der Waals surface area contributed by atoms with Gasteiger partial charge in [0.2, 0.25) is 5.95 Å². The van der Waals surface area contributed by atoms with Gasteiger partial charge in [-0.15, -0.1) is 16.4 Å². The molecule has 0 aliphatic rings. The molecule has 0 aliphatic carbocycles. The first-order valence-corrected chi connectivity index (χ1v) is 9.97. The minimum atomic E-state index is 0.608. The van der Waals surface area contributed by atoms with Crippen molar-refractivity contribution in [1.82, 2.24) is 19.6 Å². The molecule has 0 fully saturated rings. The van der Waals surface area contributed by atoms with Crippen molar-refractivity contribution >= 4 is 33.1 Å². The number of aryl methyl sites for hydroxylation is 2. The number of aromatic nitrogens is 4. The predicted octanol–water partition coefficient (Wildman–Crippen LogP) is 3.86. The SMILES string of the molecule is CCc1c(C)sc2nc(NCCOC)n3nc(Cc4ccccc4)nc3c12. The molecule has 1 N–H and O–H groups in total. The van der Waals surface area contributed by atoms with Crippen molar-refractivity contribution in [2.75, 3.05) is 25.6 Å². The molecule has 4 aromatic rings. The molecule has 140 valence electrons. The highest BCUT2D eigenvalue weighted by molar-refractivity contribution is 7.18. The van der Waals surface area contributed by atoms with E-state index in [1.54, 1.807) is 18.4 Å². The Bertz CT molecular complexity index is 1070. The van der Waals surface area contributed by atoms with Gasteiger partial charge in [-0.25, -0.2) is 9.97 Å². The van der Waals surface area contributed by atoms with E-state index >= 15 is 0 Å². The first-order chi connectivity index (χ1) is 13.2. The van der Waals surface area contributed by atoms with Crippen molar-refractivity contribution in [3.05, 3.63) is 52.2 Å². The molecule has 0 saturated heterocycles. The maximum Gasteiger partial charge on any atom is 0.227 e. The molecule has 3 aromatic heterocycles. The van der Waals surface area contributed by atoms with E-state index in [0.29, 0.717) is 25.5 Å². The van der Waals surface area contributed by atoms with Crippen LogP contribution in [0.3, 0.4) is 0 Å². The van der Waals surface area contributed by atoms with Gasteiger partial charge >= 0.3 is 0 Å². The van der Waals surface area contributed by atoms with Crippen molar-refractivity contribution in [3.63, 3.8) is 0 Å². The number of methoxy groups -OCH3 is 1. The van der Waals surface area contributed by atoms with Gasteiger partial charge < -0.3 is 10.1 Å². The lowest BCUT2D eigenvalue weighted by Gasteiger charge is -2.07. The first-order valence-electron chi connectivity index (χ1n) is 9.15.